The molecule has 5 rings (SSSR count). The molecule has 1 N–H and O–H groups in total. The van der Waals surface area contributed by atoms with Crippen LogP contribution in [0.1, 0.15) is 35.7 Å². The van der Waals surface area contributed by atoms with Gasteiger partial charge in [0.2, 0.25) is 0 Å². The van der Waals surface area contributed by atoms with Crippen LogP contribution in [0.4, 0.5) is 0 Å². The third-order valence-electron chi connectivity index (χ3n) is 6.06. The summed E-state index contributed by atoms with van der Waals surface area (Å²) < 4.78 is 25.2. The number of sulfone groups is 1. The van der Waals surface area contributed by atoms with E-state index in [9.17, 15) is 13.2 Å². The molecule has 2 aromatic heterocycles. The standard InChI is InChI=1S/C22H22N4O3S/c1-13(14-3-4-14)26-12-17-9-16(11-20(30(2,28)29)21(17)22(26)27)15-5-7-23-19(10-15)18-6-8-24-25-18/h5-11,13-14H,3-4,12H2,1-2H3,(H,24,25)/t13-/m0/s1. The molecule has 7 nitrogen and oxygen atoms in total. The number of amides is 1. The second-order valence-electron chi connectivity index (χ2n) is 8.19. The highest BCUT2D eigenvalue weighted by Crippen LogP contribution is 2.40. The van der Waals surface area contributed by atoms with Gasteiger partial charge in [-0.15, -0.1) is 0 Å². The molecule has 8 heteroatoms. The first-order valence-corrected chi connectivity index (χ1v) is 11.9. The maximum Gasteiger partial charge on any atom is 0.256 e. The molecule has 3 heterocycles. The first-order chi connectivity index (χ1) is 14.3. The molecule has 1 fully saturated rings. The fourth-order valence-corrected chi connectivity index (χ4v) is 5.15. The van der Waals surface area contributed by atoms with Gasteiger partial charge in [-0.25, -0.2) is 8.42 Å². The Morgan fingerprint density at radius 1 is 1.13 bits per heavy atom. The van der Waals surface area contributed by atoms with Gasteiger partial charge < -0.3 is 4.90 Å². The Hall–Kier alpha value is -3.00. The van der Waals surface area contributed by atoms with Crippen molar-refractivity contribution in [3.05, 3.63) is 53.9 Å². The number of H-pyrrole nitrogens is 1. The zero-order valence-electron chi connectivity index (χ0n) is 16.8. The van der Waals surface area contributed by atoms with E-state index in [1.54, 1.807) is 18.5 Å². The second-order valence-corrected chi connectivity index (χ2v) is 10.2. The number of carbonyl (C=O) groups is 1. The quantitative estimate of drug-likeness (QED) is 0.681. The molecule has 0 unspecified atom stereocenters. The van der Waals surface area contributed by atoms with E-state index in [2.05, 4.69) is 22.1 Å². The van der Waals surface area contributed by atoms with Gasteiger partial charge in [0.1, 0.15) is 0 Å². The van der Waals surface area contributed by atoms with E-state index < -0.39 is 9.84 Å². The van der Waals surface area contributed by atoms with Crippen LogP contribution in [0.3, 0.4) is 0 Å². The van der Waals surface area contributed by atoms with Crippen molar-refractivity contribution in [3.63, 3.8) is 0 Å². The number of hydrogen-bond donors (Lipinski definition) is 1. The maximum absolute atomic E-state index is 13.1. The minimum absolute atomic E-state index is 0.102. The van der Waals surface area contributed by atoms with Gasteiger partial charge in [0.15, 0.2) is 9.84 Å². The predicted octanol–water partition coefficient (Wildman–Crippen LogP) is 3.30. The van der Waals surface area contributed by atoms with Crippen LogP contribution in [0.2, 0.25) is 0 Å². The van der Waals surface area contributed by atoms with Gasteiger partial charge in [-0.1, -0.05) is 0 Å². The fraction of sp³-hybridized carbons (Fsp3) is 0.318. The van der Waals surface area contributed by atoms with E-state index in [0.717, 1.165) is 41.5 Å². The molecule has 1 saturated carbocycles. The molecule has 1 aliphatic carbocycles. The number of benzene rings is 1. The number of aromatic nitrogens is 3. The van der Waals surface area contributed by atoms with Gasteiger partial charge in [-0.3, -0.25) is 14.9 Å². The molecule has 0 saturated heterocycles. The minimum Gasteiger partial charge on any atom is -0.331 e. The average Bonchev–Trinajstić information content (AvgIpc) is 3.32. The number of aromatic amines is 1. The largest absolute Gasteiger partial charge is 0.331 e. The average molecular weight is 423 g/mol. The van der Waals surface area contributed by atoms with Crippen LogP contribution >= 0.6 is 0 Å². The lowest BCUT2D eigenvalue weighted by atomic mass is 10.00. The molecule has 0 bridgehead atoms. The fourth-order valence-electron chi connectivity index (χ4n) is 4.22. The number of rotatable bonds is 5. The van der Waals surface area contributed by atoms with Crippen LogP contribution in [0, 0.1) is 5.92 Å². The van der Waals surface area contributed by atoms with Gasteiger partial charge in [0.05, 0.1) is 21.8 Å². The zero-order chi connectivity index (χ0) is 21.0. The maximum atomic E-state index is 13.1. The van der Waals surface area contributed by atoms with Crippen molar-refractivity contribution < 1.29 is 13.2 Å². The van der Waals surface area contributed by atoms with Gasteiger partial charge in [0, 0.05) is 31.2 Å². The first-order valence-electron chi connectivity index (χ1n) is 9.97. The van der Waals surface area contributed by atoms with E-state index in [1.807, 2.05) is 29.2 Å². The Balaban J connectivity index is 1.62. The molecule has 0 radical (unpaired) electrons. The molecule has 1 aliphatic heterocycles. The Morgan fingerprint density at radius 3 is 2.60 bits per heavy atom. The monoisotopic (exact) mass is 422 g/mol. The van der Waals surface area contributed by atoms with E-state index in [-0.39, 0.29) is 16.8 Å². The van der Waals surface area contributed by atoms with Crippen molar-refractivity contribution in [3.8, 4) is 22.5 Å². The van der Waals surface area contributed by atoms with E-state index in [0.29, 0.717) is 23.7 Å². The van der Waals surface area contributed by atoms with Crippen LogP contribution in [0.15, 0.2) is 47.6 Å². The summed E-state index contributed by atoms with van der Waals surface area (Å²) in [7, 11) is -3.58. The van der Waals surface area contributed by atoms with E-state index >= 15 is 0 Å². The molecular formula is C22H22N4O3S. The van der Waals surface area contributed by atoms with E-state index in [4.69, 9.17) is 0 Å². The molecular weight excluding hydrogens is 400 g/mol. The van der Waals surface area contributed by atoms with Gasteiger partial charge >= 0.3 is 0 Å². The number of nitrogens with zero attached hydrogens (tertiary/aromatic N) is 3. The SMILES string of the molecule is C[C@@H](C1CC1)N1Cc2cc(-c3ccnc(-c4ccn[nH]4)c3)cc(S(C)(=O)=O)c2C1=O. The number of hydrogen-bond acceptors (Lipinski definition) is 5. The van der Waals surface area contributed by atoms with Crippen molar-refractivity contribution in [1.82, 2.24) is 20.1 Å². The van der Waals surface area contributed by atoms with Crippen LogP contribution in [-0.2, 0) is 16.4 Å². The van der Waals surface area contributed by atoms with Crippen LogP contribution < -0.4 is 0 Å². The number of fused-ring (bicyclic) bond motifs is 1. The predicted molar refractivity (Wildman–Crippen MR) is 112 cm³/mol. The summed E-state index contributed by atoms with van der Waals surface area (Å²) in [6, 6.07) is 9.23. The summed E-state index contributed by atoms with van der Waals surface area (Å²) in [5.41, 5.74) is 4.18. The third-order valence-corrected chi connectivity index (χ3v) is 7.19. The first kappa shape index (κ1) is 19.0. The molecule has 1 atom stereocenters. The normalized spacial score (nSPS) is 17.3. The summed E-state index contributed by atoms with van der Waals surface area (Å²) in [5, 5.41) is 6.85. The summed E-state index contributed by atoms with van der Waals surface area (Å²) in [4.78, 5) is 19.4. The summed E-state index contributed by atoms with van der Waals surface area (Å²) in [6.45, 7) is 2.50. The lowest BCUT2D eigenvalue weighted by Gasteiger charge is -2.24. The van der Waals surface area contributed by atoms with Gasteiger partial charge in [-0.2, -0.15) is 5.10 Å². The number of pyridine rings is 1. The summed E-state index contributed by atoms with van der Waals surface area (Å²) in [6.07, 6.45) is 6.75. The van der Waals surface area contributed by atoms with Crippen molar-refractivity contribution in [2.75, 3.05) is 6.26 Å². The van der Waals surface area contributed by atoms with Crippen molar-refractivity contribution >= 4 is 15.7 Å². The molecule has 3 aromatic rings. The molecule has 2 aliphatic rings. The van der Waals surface area contributed by atoms with Crippen LogP contribution in [-0.4, -0.2) is 46.7 Å². The second kappa shape index (κ2) is 6.77. The highest BCUT2D eigenvalue weighted by Gasteiger charge is 2.40. The van der Waals surface area contributed by atoms with Crippen molar-refractivity contribution in [2.24, 2.45) is 5.92 Å². The van der Waals surface area contributed by atoms with Gasteiger partial charge in [0.25, 0.3) is 5.91 Å². The van der Waals surface area contributed by atoms with Crippen LogP contribution in [0.5, 0.6) is 0 Å². The molecule has 1 amide bonds. The topological polar surface area (TPSA) is 96.0 Å². The smallest absolute Gasteiger partial charge is 0.256 e. The Labute approximate surface area is 175 Å². The lowest BCUT2D eigenvalue weighted by Crippen LogP contribution is -2.35. The lowest BCUT2D eigenvalue weighted by molar-refractivity contribution is 0.0694. The Kier molecular flexibility index (Phi) is 4.28. The number of carbonyl (C=O) groups excluding carboxylic acids is 1. The highest BCUT2D eigenvalue weighted by atomic mass is 32.2. The number of nitrogens with one attached hydrogen (secondary N) is 1. The molecule has 154 valence electrons. The Bertz CT molecular complexity index is 1250. The minimum atomic E-state index is -3.58. The van der Waals surface area contributed by atoms with Crippen molar-refractivity contribution in [1.29, 1.82) is 0 Å². The molecule has 30 heavy (non-hydrogen) atoms. The van der Waals surface area contributed by atoms with Crippen LogP contribution in [0.25, 0.3) is 22.5 Å². The summed E-state index contributed by atoms with van der Waals surface area (Å²) >= 11 is 0. The van der Waals surface area contributed by atoms with Crippen molar-refractivity contribution in [2.45, 2.75) is 37.2 Å². The summed E-state index contributed by atoms with van der Waals surface area (Å²) in [5.74, 6) is 0.339. The third kappa shape index (κ3) is 3.21. The van der Waals surface area contributed by atoms with E-state index in [1.165, 1.54) is 0 Å². The highest BCUT2D eigenvalue weighted by molar-refractivity contribution is 7.90. The molecule has 0 spiro atoms. The van der Waals surface area contributed by atoms with Gasteiger partial charge in [-0.05, 0) is 72.7 Å². The Morgan fingerprint density at radius 2 is 1.93 bits per heavy atom. The molecule has 1 aromatic carbocycles. The zero-order valence-corrected chi connectivity index (χ0v) is 17.6.